The molecule has 35 heavy (non-hydrogen) atoms. The van der Waals surface area contributed by atoms with Crippen molar-refractivity contribution in [2.45, 2.75) is 6.42 Å². The zero-order valence-corrected chi connectivity index (χ0v) is 20.2. The number of nitrogens with zero attached hydrogens (tertiary/aromatic N) is 6. The highest BCUT2D eigenvalue weighted by Gasteiger charge is 2.15. The summed E-state index contributed by atoms with van der Waals surface area (Å²) in [5.41, 5.74) is 2.60. The van der Waals surface area contributed by atoms with Crippen molar-refractivity contribution in [1.29, 1.82) is 0 Å². The van der Waals surface area contributed by atoms with E-state index in [0.29, 0.717) is 40.9 Å². The van der Waals surface area contributed by atoms with Crippen LogP contribution in [0, 0.1) is 5.82 Å². The SMILES string of the molecule is CN(C)CCCNc1nc(Nc2ccc(F)c(Cl)c2)ncc1-c1cncc(-c2noc(=O)n2C)c1. The average Bonchev–Trinajstić information content (AvgIpc) is 3.17. The van der Waals surface area contributed by atoms with Gasteiger partial charge < -0.3 is 15.5 Å². The molecule has 0 amide bonds. The lowest BCUT2D eigenvalue weighted by atomic mass is 10.1. The second-order valence-electron chi connectivity index (χ2n) is 8.09. The fourth-order valence-corrected chi connectivity index (χ4v) is 3.52. The number of hydrogen-bond acceptors (Lipinski definition) is 9. The third kappa shape index (κ3) is 5.81. The summed E-state index contributed by atoms with van der Waals surface area (Å²) in [4.78, 5) is 27.1. The van der Waals surface area contributed by atoms with E-state index in [0.717, 1.165) is 18.5 Å². The lowest BCUT2D eigenvalue weighted by Crippen LogP contribution is -2.17. The summed E-state index contributed by atoms with van der Waals surface area (Å²) in [7, 11) is 5.60. The van der Waals surface area contributed by atoms with E-state index >= 15 is 0 Å². The molecular formula is C23H24ClFN8O2. The lowest BCUT2D eigenvalue weighted by molar-refractivity contribution is 0.380. The third-order valence-corrected chi connectivity index (χ3v) is 5.44. The van der Waals surface area contributed by atoms with E-state index in [1.165, 1.54) is 16.7 Å². The van der Waals surface area contributed by atoms with Gasteiger partial charge in [-0.3, -0.25) is 14.1 Å². The molecule has 0 bridgehead atoms. The second-order valence-corrected chi connectivity index (χ2v) is 8.49. The Morgan fingerprint density at radius 1 is 1.17 bits per heavy atom. The van der Waals surface area contributed by atoms with Gasteiger partial charge in [0.1, 0.15) is 11.6 Å². The van der Waals surface area contributed by atoms with Crippen LogP contribution in [0.25, 0.3) is 22.5 Å². The molecule has 0 aliphatic rings. The molecule has 2 N–H and O–H groups in total. The first-order valence-corrected chi connectivity index (χ1v) is 11.2. The molecule has 3 heterocycles. The Morgan fingerprint density at radius 2 is 1.97 bits per heavy atom. The molecule has 1 aromatic carbocycles. The summed E-state index contributed by atoms with van der Waals surface area (Å²) in [5, 5.41) is 10.2. The molecule has 12 heteroatoms. The minimum absolute atomic E-state index is 0.00111. The molecule has 0 aliphatic heterocycles. The van der Waals surface area contributed by atoms with Gasteiger partial charge in [0.25, 0.3) is 0 Å². The topological polar surface area (TPSA) is 114 Å². The Kier molecular flexibility index (Phi) is 7.37. The maximum absolute atomic E-state index is 13.5. The van der Waals surface area contributed by atoms with Crippen molar-refractivity contribution in [2.24, 2.45) is 7.05 Å². The molecule has 0 radical (unpaired) electrons. The van der Waals surface area contributed by atoms with E-state index in [1.54, 1.807) is 31.7 Å². The summed E-state index contributed by atoms with van der Waals surface area (Å²) < 4.78 is 19.6. The molecule has 0 unspecified atom stereocenters. The highest BCUT2D eigenvalue weighted by molar-refractivity contribution is 6.31. The molecule has 0 saturated heterocycles. The molecule has 4 aromatic rings. The standard InChI is InChI=1S/C23H24ClFN8O2/c1-32(2)8-4-7-27-20-17(13-28-22(30-20)29-16-5-6-19(25)18(24)10-16)14-9-15(12-26-11-14)21-31-35-23(34)33(21)3/h5-6,9-13H,4,7-8H2,1-3H3,(H2,27,28,29,30). The number of anilines is 3. The molecule has 3 aromatic heterocycles. The Hall–Kier alpha value is -3.83. The monoisotopic (exact) mass is 498 g/mol. The Morgan fingerprint density at radius 3 is 2.69 bits per heavy atom. The van der Waals surface area contributed by atoms with Crippen molar-refractivity contribution in [3.05, 3.63) is 64.2 Å². The van der Waals surface area contributed by atoms with Gasteiger partial charge in [0.05, 0.1) is 5.02 Å². The van der Waals surface area contributed by atoms with Crippen LogP contribution in [0.1, 0.15) is 6.42 Å². The van der Waals surface area contributed by atoms with Gasteiger partial charge in [-0.25, -0.2) is 14.2 Å². The van der Waals surface area contributed by atoms with Crippen LogP contribution in [0.5, 0.6) is 0 Å². The summed E-state index contributed by atoms with van der Waals surface area (Å²) in [6, 6.07) is 6.13. The molecular weight excluding hydrogens is 475 g/mol. The Bertz CT molecular complexity index is 1390. The predicted octanol–water partition coefficient (Wildman–Crippen LogP) is 3.79. The number of benzene rings is 1. The van der Waals surface area contributed by atoms with E-state index in [-0.39, 0.29) is 5.02 Å². The maximum Gasteiger partial charge on any atom is 0.441 e. The highest BCUT2D eigenvalue weighted by atomic mass is 35.5. The van der Waals surface area contributed by atoms with Crippen LogP contribution in [0.4, 0.5) is 21.8 Å². The van der Waals surface area contributed by atoms with Crippen molar-refractivity contribution < 1.29 is 8.91 Å². The Balaban J connectivity index is 1.67. The summed E-state index contributed by atoms with van der Waals surface area (Å²) in [6.07, 6.45) is 5.84. The van der Waals surface area contributed by atoms with Gasteiger partial charge in [-0.05, 0) is 51.3 Å². The maximum atomic E-state index is 13.5. The van der Waals surface area contributed by atoms with Crippen LogP contribution in [0.2, 0.25) is 5.02 Å². The van der Waals surface area contributed by atoms with Crippen molar-refractivity contribution in [3.8, 4) is 22.5 Å². The lowest BCUT2D eigenvalue weighted by Gasteiger charge is -2.15. The number of rotatable bonds is 9. The first-order valence-electron chi connectivity index (χ1n) is 10.8. The van der Waals surface area contributed by atoms with E-state index in [9.17, 15) is 9.18 Å². The van der Waals surface area contributed by atoms with Gasteiger partial charge in [0.15, 0.2) is 5.82 Å². The minimum Gasteiger partial charge on any atom is -0.369 e. The third-order valence-electron chi connectivity index (χ3n) is 5.15. The van der Waals surface area contributed by atoms with Crippen LogP contribution in [0.15, 0.2) is 52.2 Å². The largest absolute Gasteiger partial charge is 0.441 e. The molecule has 182 valence electrons. The minimum atomic E-state index is -0.562. The smallest absolute Gasteiger partial charge is 0.369 e. The van der Waals surface area contributed by atoms with E-state index < -0.39 is 11.6 Å². The van der Waals surface area contributed by atoms with Crippen LogP contribution < -0.4 is 16.4 Å². The number of halogens is 2. The zero-order chi connectivity index (χ0) is 24.9. The molecule has 0 aliphatic carbocycles. The number of nitrogens with one attached hydrogen (secondary N) is 2. The number of aromatic nitrogens is 5. The summed E-state index contributed by atoms with van der Waals surface area (Å²) in [6.45, 7) is 1.58. The van der Waals surface area contributed by atoms with Gasteiger partial charge >= 0.3 is 5.76 Å². The second kappa shape index (κ2) is 10.6. The van der Waals surface area contributed by atoms with Crippen molar-refractivity contribution >= 4 is 29.1 Å². The molecule has 0 saturated carbocycles. The van der Waals surface area contributed by atoms with Crippen LogP contribution >= 0.6 is 11.6 Å². The van der Waals surface area contributed by atoms with Crippen molar-refractivity contribution in [1.82, 2.24) is 29.6 Å². The van der Waals surface area contributed by atoms with Gasteiger partial charge in [0, 0.05) is 54.6 Å². The van der Waals surface area contributed by atoms with Gasteiger partial charge in [-0.15, -0.1) is 0 Å². The van der Waals surface area contributed by atoms with Gasteiger partial charge in [0.2, 0.25) is 5.95 Å². The van der Waals surface area contributed by atoms with E-state index in [2.05, 4.69) is 35.6 Å². The normalized spacial score (nSPS) is 11.1. The number of hydrogen-bond donors (Lipinski definition) is 2. The summed E-state index contributed by atoms with van der Waals surface area (Å²) >= 11 is 5.89. The first kappa shape index (κ1) is 24.3. The van der Waals surface area contributed by atoms with Crippen molar-refractivity contribution in [2.75, 3.05) is 37.8 Å². The van der Waals surface area contributed by atoms with Gasteiger partial charge in [-0.1, -0.05) is 16.8 Å². The van der Waals surface area contributed by atoms with Crippen molar-refractivity contribution in [3.63, 3.8) is 0 Å². The summed E-state index contributed by atoms with van der Waals surface area (Å²) in [5.74, 6) is 0.191. The molecule has 4 rings (SSSR count). The van der Waals surface area contributed by atoms with Crippen LogP contribution in [0.3, 0.4) is 0 Å². The molecule has 0 spiro atoms. The van der Waals surface area contributed by atoms with Crippen LogP contribution in [-0.4, -0.2) is 56.8 Å². The van der Waals surface area contributed by atoms with Crippen LogP contribution in [-0.2, 0) is 7.05 Å². The Labute approximate surface area is 205 Å². The van der Waals surface area contributed by atoms with E-state index in [4.69, 9.17) is 16.1 Å². The fraction of sp³-hybridized carbons (Fsp3) is 0.261. The van der Waals surface area contributed by atoms with Gasteiger partial charge in [-0.2, -0.15) is 4.98 Å². The average molecular weight is 499 g/mol. The predicted molar refractivity (Wildman–Crippen MR) is 132 cm³/mol. The van der Waals surface area contributed by atoms with E-state index in [1.807, 2.05) is 20.2 Å². The highest BCUT2D eigenvalue weighted by Crippen LogP contribution is 2.30. The molecule has 0 fully saturated rings. The molecule has 10 nitrogen and oxygen atoms in total. The zero-order valence-electron chi connectivity index (χ0n) is 19.4. The quantitative estimate of drug-likeness (QED) is 0.332. The first-order chi connectivity index (χ1) is 16.8. The fourth-order valence-electron chi connectivity index (χ4n) is 3.34. The number of pyridine rings is 1. The molecule has 0 atom stereocenters.